The van der Waals surface area contributed by atoms with Crippen molar-refractivity contribution in [3.05, 3.63) is 29.3 Å². The summed E-state index contributed by atoms with van der Waals surface area (Å²) in [6, 6.07) is 7.43. The number of benzene rings is 1. The number of halogens is 1. The Hall–Kier alpha value is -1.35. The SMILES string of the molecule is CC(C)C(CS(=O)(=O)N1CCN(c2ccc(Cl)cc2)CC1)C(=O)NO. The van der Waals surface area contributed by atoms with Gasteiger partial charge in [0.15, 0.2) is 0 Å². The van der Waals surface area contributed by atoms with Gasteiger partial charge in [-0.15, -0.1) is 0 Å². The van der Waals surface area contributed by atoms with Crippen molar-refractivity contribution in [1.29, 1.82) is 0 Å². The highest BCUT2D eigenvalue weighted by Gasteiger charge is 2.33. The second-order valence-corrected chi connectivity index (χ2v) is 8.92. The predicted octanol–water partition coefficient (Wildman–Crippen LogP) is 1.57. The minimum Gasteiger partial charge on any atom is -0.369 e. The third-order valence-corrected chi connectivity index (χ3v) is 6.65. The number of carbonyl (C=O) groups is 1. The van der Waals surface area contributed by atoms with Gasteiger partial charge in [0.1, 0.15) is 0 Å². The molecule has 1 atom stereocenters. The fourth-order valence-corrected chi connectivity index (χ4v) is 4.91. The number of hydroxylamine groups is 1. The molecular formula is C16H24ClN3O4S. The molecule has 0 saturated carbocycles. The number of amides is 1. The first kappa shape index (κ1) is 20.0. The van der Waals surface area contributed by atoms with Gasteiger partial charge in [-0.25, -0.2) is 13.9 Å². The van der Waals surface area contributed by atoms with Gasteiger partial charge in [-0.3, -0.25) is 10.0 Å². The van der Waals surface area contributed by atoms with E-state index in [2.05, 4.69) is 4.90 Å². The Bertz CT molecular complexity index is 686. The Morgan fingerprint density at radius 1 is 1.20 bits per heavy atom. The summed E-state index contributed by atoms with van der Waals surface area (Å²) in [7, 11) is -3.58. The second kappa shape index (κ2) is 8.35. The lowest BCUT2D eigenvalue weighted by atomic mass is 9.97. The Morgan fingerprint density at radius 3 is 2.24 bits per heavy atom. The maximum atomic E-state index is 12.6. The summed E-state index contributed by atoms with van der Waals surface area (Å²) in [6.45, 7) is 5.37. The lowest BCUT2D eigenvalue weighted by Gasteiger charge is -2.36. The number of hydrogen-bond acceptors (Lipinski definition) is 5. The number of rotatable bonds is 6. The first-order chi connectivity index (χ1) is 11.7. The van der Waals surface area contributed by atoms with E-state index in [1.165, 1.54) is 4.31 Å². The largest absolute Gasteiger partial charge is 0.369 e. The van der Waals surface area contributed by atoms with Crippen LogP contribution in [-0.4, -0.2) is 55.8 Å². The molecule has 1 heterocycles. The molecule has 140 valence electrons. The van der Waals surface area contributed by atoms with E-state index in [-0.39, 0.29) is 11.7 Å². The van der Waals surface area contributed by atoms with E-state index in [0.29, 0.717) is 31.2 Å². The standard InChI is InChI=1S/C16H24ClN3O4S/c1-12(2)15(16(21)18-22)11-25(23,24)20-9-7-19(8-10-20)14-5-3-13(17)4-6-14/h3-6,12,15,22H,7-11H2,1-2H3,(H,18,21). The van der Waals surface area contributed by atoms with E-state index in [9.17, 15) is 13.2 Å². The van der Waals surface area contributed by atoms with Gasteiger partial charge < -0.3 is 4.90 Å². The number of nitrogens with zero attached hydrogens (tertiary/aromatic N) is 2. The molecule has 7 nitrogen and oxygen atoms in total. The molecule has 1 aromatic rings. The smallest absolute Gasteiger partial charge is 0.247 e. The highest BCUT2D eigenvalue weighted by molar-refractivity contribution is 7.89. The van der Waals surface area contributed by atoms with Gasteiger partial charge in [-0.05, 0) is 30.2 Å². The minimum absolute atomic E-state index is 0.197. The minimum atomic E-state index is -3.58. The topological polar surface area (TPSA) is 90.0 Å². The predicted molar refractivity (Wildman–Crippen MR) is 97.3 cm³/mol. The maximum absolute atomic E-state index is 12.6. The van der Waals surface area contributed by atoms with Gasteiger partial charge in [0.2, 0.25) is 15.9 Å². The van der Waals surface area contributed by atoms with Crippen LogP contribution in [0.3, 0.4) is 0 Å². The van der Waals surface area contributed by atoms with Gasteiger partial charge in [0.05, 0.1) is 11.7 Å². The van der Waals surface area contributed by atoms with E-state index < -0.39 is 21.8 Å². The molecule has 9 heteroatoms. The Balaban J connectivity index is 2.00. The van der Waals surface area contributed by atoms with Gasteiger partial charge in [-0.2, -0.15) is 4.31 Å². The molecule has 1 saturated heterocycles. The van der Waals surface area contributed by atoms with E-state index in [4.69, 9.17) is 16.8 Å². The van der Waals surface area contributed by atoms with Crippen molar-refractivity contribution in [2.75, 3.05) is 36.8 Å². The average Bonchev–Trinajstić information content (AvgIpc) is 2.59. The van der Waals surface area contributed by atoms with E-state index >= 15 is 0 Å². The molecule has 0 radical (unpaired) electrons. The van der Waals surface area contributed by atoms with Crippen LogP contribution in [0.25, 0.3) is 0 Å². The molecule has 1 unspecified atom stereocenters. The van der Waals surface area contributed by atoms with Crippen LogP contribution >= 0.6 is 11.6 Å². The van der Waals surface area contributed by atoms with Crippen LogP contribution in [-0.2, 0) is 14.8 Å². The van der Waals surface area contributed by atoms with Crippen molar-refractivity contribution in [2.24, 2.45) is 11.8 Å². The fourth-order valence-electron chi connectivity index (χ4n) is 2.86. The Morgan fingerprint density at radius 2 is 1.76 bits per heavy atom. The molecule has 0 aromatic heterocycles. The monoisotopic (exact) mass is 389 g/mol. The van der Waals surface area contributed by atoms with Crippen LogP contribution in [0.15, 0.2) is 24.3 Å². The molecule has 1 aliphatic rings. The summed E-state index contributed by atoms with van der Waals surface area (Å²) >= 11 is 5.89. The van der Waals surface area contributed by atoms with Crippen molar-refractivity contribution in [2.45, 2.75) is 13.8 Å². The van der Waals surface area contributed by atoms with Crippen molar-refractivity contribution < 1.29 is 18.4 Å². The zero-order valence-corrected chi connectivity index (χ0v) is 15.9. The number of hydrogen-bond donors (Lipinski definition) is 2. The van der Waals surface area contributed by atoms with E-state index in [1.54, 1.807) is 31.5 Å². The van der Waals surface area contributed by atoms with Crippen LogP contribution in [0.5, 0.6) is 0 Å². The molecule has 0 spiro atoms. The van der Waals surface area contributed by atoms with Crippen molar-refractivity contribution in [3.8, 4) is 0 Å². The fraction of sp³-hybridized carbons (Fsp3) is 0.562. The number of anilines is 1. The van der Waals surface area contributed by atoms with Crippen LogP contribution in [0.2, 0.25) is 5.02 Å². The maximum Gasteiger partial charge on any atom is 0.247 e. The number of carbonyl (C=O) groups excluding carboxylic acids is 1. The van der Waals surface area contributed by atoms with E-state index in [0.717, 1.165) is 5.69 Å². The Labute approximate surface area is 153 Å². The van der Waals surface area contributed by atoms with Gasteiger partial charge >= 0.3 is 0 Å². The van der Waals surface area contributed by atoms with Crippen LogP contribution in [0, 0.1) is 11.8 Å². The number of piperazine rings is 1. The lowest BCUT2D eigenvalue weighted by Crippen LogP contribution is -2.51. The lowest BCUT2D eigenvalue weighted by molar-refractivity contribution is -0.134. The molecule has 2 rings (SSSR count). The quantitative estimate of drug-likeness (QED) is 0.569. The third-order valence-electron chi connectivity index (χ3n) is 4.47. The van der Waals surface area contributed by atoms with Crippen LogP contribution in [0.4, 0.5) is 5.69 Å². The Kier molecular flexibility index (Phi) is 6.67. The van der Waals surface area contributed by atoms with Crippen LogP contribution in [0.1, 0.15) is 13.8 Å². The van der Waals surface area contributed by atoms with Gasteiger partial charge in [-0.1, -0.05) is 25.4 Å². The van der Waals surface area contributed by atoms with E-state index in [1.807, 2.05) is 12.1 Å². The molecular weight excluding hydrogens is 366 g/mol. The molecule has 1 fully saturated rings. The van der Waals surface area contributed by atoms with Crippen molar-refractivity contribution in [1.82, 2.24) is 9.79 Å². The first-order valence-corrected chi connectivity index (χ1v) is 10.2. The summed E-state index contributed by atoms with van der Waals surface area (Å²) in [5.74, 6) is -1.96. The average molecular weight is 390 g/mol. The number of nitrogens with one attached hydrogen (secondary N) is 1. The van der Waals surface area contributed by atoms with Crippen molar-refractivity contribution in [3.63, 3.8) is 0 Å². The molecule has 25 heavy (non-hydrogen) atoms. The summed E-state index contributed by atoms with van der Waals surface area (Å²) in [5.41, 5.74) is 2.57. The molecule has 1 aromatic carbocycles. The van der Waals surface area contributed by atoms with Crippen LogP contribution < -0.4 is 10.4 Å². The zero-order chi connectivity index (χ0) is 18.6. The zero-order valence-electron chi connectivity index (χ0n) is 14.4. The normalized spacial score (nSPS) is 17.6. The van der Waals surface area contributed by atoms with Gasteiger partial charge in [0, 0.05) is 36.9 Å². The molecule has 1 aliphatic heterocycles. The molecule has 1 amide bonds. The third kappa shape index (κ3) is 5.07. The molecule has 2 N–H and O–H groups in total. The number of sulfonamides is 1. The molecule has 0 aliphatic carbocycles. The highest BCUT2D eigenvalue weighted by atomic mass is 35.5. The summed E-state index contributed by atoms with van der Waals surface area (Å²) in [6.07, 6.45) is 0. The van der Waals surface area contributed by atoms with Crippen molar-refractivity contribution >= 4 is 33.2 Å². The second-order valence-electron chi connectivity index (χ2n) is 6.47. The summed E-state index contributed by atoms with van der Waals surface area (Å²) in [4.78, 5) is 13.8. The first-order valence-electron chi connectivity index (χ1n) is 8.17. The summed E-state index contributed by atoms with van der Waals surface area (Å²) in [5, 5.41) is 9.48. The van der Waals surface area contributed by atoms with Gasteiger partial charge in [0.25, 0.3) is 0 Å². The highest BCUT2D eigenvalue weighted by Crippen LogP contribution is 2.22. The molecule has 0 bridgehead atoms. The summed E-state index contributed by atoms with van der Waals surface area (Å²) < 4.78 is 26.7.